The molecule has 1 aliphatic rings. The van der Waals surface area contributed by atoms with Crippen LogP contribution in [0, 0.1) is 0 Å². The van der Waals surface area contributed by atoms with Gasteiger partial charge in [-0.05, 0) is 38.1 Å². The average Bonchev–Trinajstić information content (AvgIpc) is 2.53. The zero-order valence-corrected chi connectivity index (χ0v) is 13.0. The smallest absolute Gasteiger partial charge is 0.248 e. The Morgan fingerprint density at radius 2 is 1.76 bits per heavy atom. The molecular formula is C16H24N2O3. The van der Waals surface area contributed by atoms with Crippen LogP contribution in [0.1, 0.15) is 13.8 Å². The van der Waals surface area contributed by atoms with E-state index >= 15 is 0 Å². The van der Waals surface area contributed by atoms with Crippen molar-refractivity contribution in [2.45, 2.75) is 20.0 Å². The highest BCUT2D eigenvalue weighted by atomic mass is 16.5. The molecule has 1 amide bonds. The summed E-state index contributed by atoms with van der Waals surface area (Å²) in [6, 6.07) is 8.03. The van der Waals surface area contributed by atoms with Crippen LogP contribution in [0.15, 0.2) is 24.3 Å². The fourth-order valence-electron chi connectivity index (χ4n) is 2.34. The number of anilines is 1. The number of piperazine rings is 1. The Morgan fingerprint density at radius 1 is 1.14 bits per heavy atom. The number of rotatable bonds is 5. The molecule has 5 heteroatoms. The minimum absolute atomic E-state index is 0.0816. The molecule has 0 aromatic heterocycles. The summed E-state index contributed by atoms with van der Waals surface area (Å²) < 4.78 is 10.5. The molecule has 1 saturated heterocycles. The minimum Gasteiger partial charge on any atom is -0.497 e. The van der Waals surface area contributed by atoms with Gasteiger partial charge in [-0.1, -0.05) is 0 Å². The molecule has 0 bridgehead atoms. The molecule has 0 atom stereocenters. The standard InChI is InChI=1S/C16H24N2O3/c1-13(2)21-12-16(19)18-10-8-17(9-11-18)14-4-6-15(20-3)7-5-14/h4-7,13H,8-12H2,1-3H3. The van der Waals surface area contributed by atoms with Crippen molar-refractivity contribution in [1.29, 1.82) is 0 Å². The van der Waals surface area contributed by atoms with E-state index in [2.05, 4.69) is 17.0 Å². The van der Waals surface area contributed by atoms with Crippen LogP contribution in [0.5, 0.6) is 5.75 Å². The molecule has 1 heterocycles. The Kier molecular flexibility index (Phi) is 5.44. The van der Waals surface area contributed by atoms with Crippen LogP contribution in [0.3, 0.4) is 0 Å². The summed E-state index contributed by atoms with van der Waals surface area (Å²) in [5.41, 5.74) is 1.17. The number of nitrogens with zero attached hydrogens (tertiary/aromatic N) is 2. The monoisotopic (exact) mass is 292 g/mol. The maximum atomic E-state index is 12.0. The molecule has 1 aromatic rings. The van der Waals surface area contributed by atoms with E-state index in [9.17, 15) is 4.79 Å². The molecule has 21 heavy (non-hydrogen) atoms. The SMILES string of the molecule is COc1ccc(N2CCN(C(=O)COC(C)C)CC2)cc1. The van der Waals surface area contributed by atoms with E-state index in [1.165, 1.54) is 5.69 Å². The van der Waals surface area contributed by atoms with Gasteiger partial charge in [0.2, 0.25) is 5.91 Å². The number of amides is 1. The van der Waals surface area contributed by atoms with Crippen LogP contribution < -0.4 is 9.64 Å². The van der Waals surface area contributed by atoms with Crippen molar-refractivity contribution < 1.29 is 14.3 Å². The Labute approximate surface area is 126 Å². The first kappa shape index (κ1) is 15.6. The molecule has 2 rings (SSSR count). The molecule has 0 N–H and O–H groups in total. The highest BCUT2D eigenvalue weighted by Crippen LogP contribution is 2.20. The number of carbonyl (C=O) groups excluding carboxylic acids is 1. The number of benzene rings is 1. The third kappa shape index (κ3) is 4.36. The van der Waals surface area contributed by atoms with Crippen LogP contribution in [-0.2, 0) is 9.53 Å². The summed E-state index contributed by atoms with van der Waals surface area (Å²) in [7, 11) is 1.67. The van der Waals surface area contributed by atoms with Crippen molar-refractivity contribution in [1.82, 2.24) is 4.90 Å². The predicted octanol–water partition coefficient (Wildman–Crippen LogP) is 1.77. The largest absolute Gasteiger partial charge is 0.497 e. The van der Waals surface area contributed by atoms with E-state index < -0.39 is 0 Å². The van der Waals surface area contributed by atoms with Gasteiger partial charge in [0.1, 0.15) is 12.4 Å². The number of methoxy groups -OCH3 is 1. The molecule has 1 aliphatic heterocycles. The van der Waals surface area contributed by atoms with E-state index in [0.29, 0.717) is 0 Å². The zero-order chi connectivity index (χ0) is 15.2. The Bertz CT molecular complexity index is 451. The first-order chi connectivity index (χ1) is 10.1. The maximum Gasteiger partial charge on any atom is 0.248 e. The van der Waals surface area contributed by atoms with Crippen LogP contribution in [0.25, 0.3) is 0 Å². The molecule has 5 nitrogen and oxygen atoms in total. The lowest BCUT2D eigenvalue weighted by atomic mass is 10.2. The normalized spacial score (nSPS) is 15.4. The summed E-state index contributed by atoms with van der Waals surface area (Å²) in [6.07, 6.45) is 0.0922. The number of carbonyl (C=O) groups is 1. The lowest BCUT2D eigenvalue weighted by molar-refractivity contribution is -0.137. The predicted molar refractivity (Wildman–Crippen MR) is 82.9 cm³/mol. The lowest BCUT2D eigenvalue weighted by Gasteiger charge is -2.36. The van der Waals surface area contributed by atoms with Crippen molar-refractivity contribution in [2.24, 2.45) is 0 Å². The fourth-order valence-corrected chi connectivity index (χ4v) is 2.34. The second kappa shape index (κ2) is 7.31. The molecular weight excluding hydrogens is 268 g/mol. The third-order valence-corrected chi connectivity index (χ3v) is 3.61. The fraction of sp³-hybridized carbons (Fsp3) is 0.562. The molecule has 116 valence electrons. The van der Waals surface area contributed by atoms with Gasteiger partial charge in [-0.25, -0.2) is 0 Å². The number of hydrogen-bond donors (Lipinski definition) is 0. The van der Waals surface area contributed by atoms with Gasteiger partial charge in [-0.2, -0.15) is 0 Å². The first-order valence-electron chi connectivity index (χ1n) is 7.38. The highest BCUT2D eigenvalue weighted by Gasteiger charge is 2.21. The summed E-state index contributed by atoms with van der Waals surface area (Å²) >= 11 is 0. The molecule has 1 aromatic carbocycles. The van der Waals surface area contributed by atoms with Gasteiger partial charge >= 0.3 is 0 Å². The molecule has 0 spiro atoms. The van der Waals surface area contributed by atoms with E-state index in [1.54, 1.807) is 7.11 Å². The van der Waals surface area contributed by atoms with Crippen molar-refractivity contribution in [2.75, 3.05) is 44.8 Å². The van der Waals surface area contributed by atoms with Crippen molar-refractivity contribution >= 4 is 11.6 Å². The van der Waals surface area contributed by atoms with Crippen LogP contribution in [-0.4, -0.2) is 56.8 Å². The molecule has 1 fully saturated rings. The zero-order valence-electron chi connectivity index (χ0n) is 13.0. The molecule has 0 unspecified atom stereocenters. The van der Waals surface area contributed by atoms with Crippen LogP contribution in [0.2, 0.25) is 0 Å². The average molecular weight is 292 g/mol. The van der Waals surface area contributed by atoms with Gasteiger partial charge < -0.3 is 19.3 Å². The van der Waals surface area contributed by atoms with Gasteiger partial charge in [0, 0.05) is 31.9 Å². The Balaban J connectivity index is 1.83. The number of hydrogen-bond acceptors (Lipinski definition) is 4. The van der Waals surface area contributed by atoms with Gasteiger partial charge in [0.25, 0.3) is 0 Å². The summed E-state index contributed by atoms with van der Waals surface area (Å²) in [6.45, 7) is 7.24. The Morgan fingerprint density at radius 3 is 2.29 bits per heavy atom. The van der Waals surface area contributed by atoms with E-state index in [-0.39, 0.29) is 18.6 Å². The van der Waals surface area contributed by atoms with Crippen molar-refractivity contribution in [3.63, 3.8) is 0 Å². The van der Waals surface area contributed by atoms with Crippen molar-refractivity contribution in [3.8, 4) is 5.75 Å². The first-order valence-corrected chi connectivity index (χ1v) is 7.38. The summed E-state index contributed by atoms with van der Waals surface area (Å²) in [4.78, 5) is 16.2. The maximum absolute atomic E-state index is 12.0. The molecule has 0 radical (unpaired) electrons. The lowest BCUT2D eigenvalue weighted by Crippen LogP contribution is -2.49. The topological polar surface area (TPSA) is 42.0 Å². The van der Waals surface area contributed by atoms with Gasteiger partial charge in [0.05, 0.1) is 13.2 Å². The number of ether oxygens (including phenoxy) is 2. The highest BCUT2D eigenvalue weighted by molar-refractivity contribution is 5.77. The quantitative estimate of drug-likeness (QED) is 0.829. The van der Waals surface area contributed by atoms with E-state index in [4.69, 9.17) is 9.47 Å². The van der Waals surface area contributed by atoms with E-state index in [0.717, 1.165) is 31.9 Å². The second-order valence-electron chi connectivity index (χ2n) is 5.43. The van der Waals surface area contributed by atoms with Crippen LogP contribution in [0.4, 0.5) is 5.69 Å². The Hall–Kier alpha value is -1.75. The van der Waals surface area contributed by atoms with Gasteiger partial charge in [-0.3, -0.25) is 4.79 Å². The van der Waals surface area contributed by atoms with Gasteiger partial charge in [0.15, 0.2) is 0 Å². The molecule has 0 aliphatic carbocycles. The minimum atomic E-state index is 0.0816. The van der Waals surface area contributed by atoms with Gasteiger partial charge in [-0.15, -0.1) is 0 Å². The summed E-state index contributed by atoms with van der Waals surface area (Å²) in [5, 5.41) is 0. The van der Waals surface area contributed by atoms with E-state index in [1.807, 2.05) is 30.9 Å². The third-order valence-electron chi connectivity index (χ3n) is 3.61. The second-order valence-corrected chi connectivity index (χ2v) is 5.43. The summed E-state index contributed by atoms with van der Waals surface area (Å²) in [5.74, 6) is 0.941. The molecule has 0 saturated carbocycles. The van der Waals surface area contributed by atoms with Crippen molar-refractivity contribution in [3.05, 3.63) is 24.3 Å². The van der Waals surface area contributed by atoms with Crippen LogP contribution >= 0.6 is 0 Å².